The zero-order chi connectivity index (χ0) is 13.1. The Kier molecular flexibility index (Phi) is 4.65. The lowest BCUT2D eigenvalue weighted by Crippen LogP contribution is -2.41. The highest BCUT2D eigenvalue weighted by molar-refractivity contribution is 9.10. The molecular weight excluding hydrogens is 282 g/mol. The van der Waals surface area contributed by atoms with Gasteiger partial charge in [0, 0.05) is 5.54 Å². The fraction of sp³-hybridized carbons (Fsp3) is 0.500. The van der Waals surface area contributed by atoms with Crippen LogP contribution in [0.4, 0.5) is 5.69 Å². The van der Waals surface area contributed by atoms with Crippen LogP contribution in [0.2, 0.25) is 0 Å². The predicted molar refractivity (Wildman–Crippen MR) is 73.1 cm³/mol. The highest BCUT2D eigenvalue weighted by Crippen LogP contribution is 2.16. The molecule has 0 aliphatic heterocycles. The van der Waals surface area contributed by atoms with Crippen molar-refractivity contribution in [3.8, 4) is 0 Å². The highest BCUT2D eigenvalue weighted by Gasteiger charge is 2.11. The number of anilines is 1. The minimum atomic E-state index is -0.0663. The summed E-state index contributed by atoms with van der Waals surface area (Å²) >= 11 is 3.32. The molecule has 0 spiro atoms. The minimum Gasteiger partial charge on any atom is -0.324 e. The summed E-state index contributed by atoms with van der Waals surface area (Å²) in [5.41, 5.74) is 1.64. The highest BCUT2D eigenvalue weighted by atomic mass is 79.9. The van der Waals surface area contributed by atoms with Crippen molar-refractivity contribution >= 4 is 27.5 Å². The summed E-state index contributed by atoms with van der Waals surface area (Å²) in [4.78, 5) is 15.8. The van der Waals surface area contributed by atoms with Gasteiger partial charge in [-0.05, 0) is 55.3 Å². The Morgan fingerprint density at radius 1 is 1.47 bits per heavy atom. The van der Waals surface area contributed by atoms with E-state index in [0.29, 0.717) is 12.2 Å². The third-order valence-electron chi connectivity index (χ3n) is 2.08. The standard InChI is InChI=1S/C12H18BrN3O/c1-8-5-9(6-14-11(8)13)16-10(17)7-15-12(2,3)4/h5-6,15H,7H2,1-4H3,(H,16,17). The van der Waals surface area contributed by atoms with Crippen molar-refractivity contribution in [3.63, 3.8) is 0 Å². The number of hydrogen-bond acceptors (Lipinski definition) is 3. The SMILES string of the molecule is Cc1cc(NC(=O)CNC(C)(C)C)cnc1Br. The number of nitrogens with one attached hydrogen (secondary N) is 2. The molecule has 0 bridgehead atoms. The minimum absolute atomic E-state index is 0.0643. The van der Waals surface area contributed by atoms with E-state index in [-0.39, 0.29) is 11.4 Å². The van der Waals surface area contributed by atoms with Crippen LogP contribution in [0.1, 0.15) is 26.3 Å². The molecule has 1 aromatic heterocycles. The number of rotatable bonds is 3. The van der Waals surface area contributed by atoms with Crippen LogP contribution in [0, 0.1) is 6.92 Å². The number of amides is 1. The molecule has 1 amide bonds. The maximum absolute atomic E-state index is 11.6. The molecular formula is C12H18BrN3O. The van der Waals surface area contributed by atoms with Gasteiger partial charge in [0.2, 0.25) is 5.91 Å². The molecule has 2 N–H and O–H groups in total. The number of hydrogen-bond donors (Lipinski definition) is 2. The van der Waals surface area contributed by atoms with E-state index >= 15 is 0 Å². The van der Waals surface area contributed by atoms with Crippen molar-refractivity contribution in [1.82, 2.24) is 10.3 Å². The van der Waals surface area contributed by atoms with Crippen LogP contribution in [0.3, 0.4) is 0 Å². The number of pyridine rings is 1. The summed E-state index contributed by atoms with van der Waals surface area (Å²) < 4.78 is 0.795. The van der Waals surface area contributed by atoms with E-state index in [1.54, 1.807) is 6.20 Å². The van der Waals surface area contributed by atoms with Gasteiger partial charge in [-0.2, -0.15) is 0 Å². The van der Waals surface area contributed by atoms with Crippen LogP contribution < -0.4 is 10.6 Å². The Balaban J connectivity index is 2.54. The van der Waals surface area contributed by atoms with Crippen molar-refractivity contribution < 1.29 is 4.79 Å². The van der Waals surface area contributed by atoms with Crippen LogP contribution in [-0.4, -0.2) is 23.0 Å². The van der Waals surface area contributed by atoms with Crippen molar-refractivity contribution in [2.24, 2.45) is 0 Å². The third kappa shape index (κ3) is 5.28. The van der Waals surface area contributed by atoms with Gasteiger partial charge in [-0.15, -0.1) is 0 Å². The second-order valence-corrected chi connectivity index (χ2v) is 5.73. The van der Waals surface area contributed by atoms with Gasteiger partial charge in [0.15, 0.2) is 0 Å². The van der Waals surface area contributed by atoms with E-state index in [9.17, 15) is 4.79 Å². The van der Waals surface area contributed by atoms with Crippen LogP contribution >= 0.6 is 15.9 Å². The predicted octanol–water partition coefficient (Wildman–Crippen LogP) is 2.48. The first-order valence-electron chi connectivity index (χ1n) is 5.45. The zero-order valence-corrected chi connectivity index (χ0v) is 12.2. The van der Waals surface area contributed by atoms with E-state index in [2.05, 4.69) is 31.5 Å². The summed E-state index contributed by atoms with van der Waals surface area (Å²) in [5.74, 6) is -0.0663. The Hall–Kier alpha value is -0.940. The number of carbonyl (C=O) groups is 1. The molecule has 94 valence electrons. The molecule has 0 aliphatic carbocycles. The molecule has 0 fully saturated rings. The normalized spacial score (nSPS) is 11.4. The molecule has 0 atom stereocenters. The Labute approximate surface area is 110 Å². The number of carbonyl (C=O) groups excluding carboxylic acids is 1. The largest absolute Gasteiger partial charge is 0.324 e. The maximum Gasteiger partial charge on any atom is 0.238 e. The molecule has 17 heavy (non-hydrogen) atoms. The van der Waals surface area contributed by atoms with E-state index in [1.807, 2.05) is 33.8 Å². The molecule has 4 nitrogen and oxygen atoms in total. The molecule has 0 aromatic carbocycles. The Morgan fingerprint density at radius 2 is 2.12 bits per heavy atom. The lowest BCUT2D eigenvalue weighted by molar-refractivity contribution is -0.115. The molecule has 0 saturated heterocycles. The second kappa shape index (κ2) is 5.60. The van der Waals surface area contributed by atoms with Crippen molar-refractivity contribution in [2.45, 2.75) is 33.2 Å². The summed E-state index contributed by atoms with van der Waals surface area (Å²) in [6.45, 7) is 8.28. The number of nitrogens with zero attached hydrogens (tertiary/aromatic N) is 1. The topological polar surface area (TPSA) is 54.0 Å². The van der Waals surface area contributed by atoms with Gasteiger partial charge < -0.3 is 10.6 Å². The van der Waals surface area contributed by atoms with Crippen molar-refractivity contribution in [1.29, 1.82) is 0 Å². The first kappa shape index (κ1) is 14.1. The first-order chi connectivity index (χ1) is 7.78. The lowest BCUT2D eigenvalue weighted by atomic mass is 10.1. The van der Waals surface area contributed by atoms with E-state index in [4.69, 9.17) is 0 Å². The van der Waals surface area contributed by atoms with Gasteiger partial charge in [0.05, 0.1) is 18.4 Å². The van der Waals surface area contributed by atoms with Gasteiger partial charge in [0.1, 0.15) is 4.60 Å². The maximum atomic E-state index is 11.6. The molecule has 5 heteroatoms. The Bertz CT molecular complexity index is 413. The molecule has 0 radical (unpaired) electrons. The van der Waals surface area contributed by atoms with Gasteiger partial charge >= 0.3 is 0 Å². The first-order valence-corrected chi connectivity index (χ1v) is 6.24. The number of aryl methyl sites for hydroxylation is 1. The number of halogens is 1. The molecule has 0 aliphatic rings. The second-order valence-electron chi connectivity index (χ2n) is 4.98. The summed E-state index contributed by atoms with van der Waals surface area (Å²) in [7, 11) is 0. The van der Waals surface area contributed by atoms with Crippen molar-refractivity contribution in [2.75, 3.05) is 11.9 Å². The molecule has 1 aromatic rings. The Morgan fingerprint density at radius 3 is 2.65 bits per heavy atom. The molecule has 0 saturated carbocycles. The zero-order valence-electron chi connectivity index (χ0n) is 10.6. The van der Waals surface area contributed by atoms with Gasteiger partial charge in [-0.1, -0.05) is 0 Å². The molecule has 1 heterocycles. The monoisotopic (exact) mass is 299 g/mol. The van der Waals surface area contributed by atoms with Crippen LogP contribution in [0.25, 0.3) is 0 Å². The van der Waals surface area contributed by atoms with Crippen LogP contribution in [-0.2, 0) is 4.79 Å². The quantitative estimate of drug-likeness (QED) is 0.843. The number of aromatic nitrogens is 1. The van der Waals surface area contributed by atoms with E-state index in [0.717, 1.165) is 10.2 Å². The average Bonchev–Trinajstić information content (AvgIpc) is 2.20. The van der Waals surface area contributed by atoms with E-state index in [1.165, 1.54) is 0 Å². The average molecular weight is 300 g/mol. The lowest BCUT2D eigenvalue weighted by Gasteiger charge is -2.20. The molecule has 1 rings (SSSR count). The van der Waals surface area contributed by atoms with Gasteiger partial charge in [-0.25, -0.2) is 4.98 Å². The van der Waals surface area contributed by atoms with Gasteiger partial charge in [0.25, 0.3) is 0 Å². The van der Waals surface area contributed by atoms with Gasteiger partial charge in [-0.3, -0.25) is 4.79 Å². The fourth-order valence-corrected chi connectivity index (χ4v) is 1.39. The molecule has 0 unspecified atom stereocenters. The fourth-order valence-electron chi connectivity index (χ4n) is 1.18. The third-order valence-corrected chi connectivity index (χ3v) is 2.91. The smallest absolute Gasteiger partial charge is 0.238 e. The summed E-state index contributed by atoms with van der Waals surface area (Å²) in [6.07, 6.45) is 1.63. The van der Waals surface area contributed by atoms with Crippen molar-refractivity contribution in [3.05, 3.63) is 22.4 Å². The van der Waals surface area contributed by atoms with Crippen LogP contribution in [0.5, 0.6) is 0 Å². The van der Waals surface area contributed by atoms with E-state index < -0.39 is 0 Å². The van der Waals surface area contributed by atoms with Crippen LogP contribution in [0.15, 0.2) is 16.9 Å². The summed E-state index contributed by atoms with van der Waals surface area (Å²) in [5, 5.41) is 5.92. The summed E-state index contributed by atoms with van der Waals surface area (Å²) in [6, 6.07) is 1.88.